The predicted molar refractivity (Wildman–Crippen MR) is 98.6 cm³/mol. The number of hydrogen-bond acceptors (Lipinski definition) is 7. The van der Waals surface area contributed by atoms with E-state index in [9.17, 15) is 4.79 Å². The molecule has 2 saturated heterocycles. The van der Waals surface area contributed by atoms with Crippen molar-refractivity contribution in [1.82, 2.24) is 9.91 Å². The van der Waals surface area contributed by atoms with Gasteiger partial charge in [0.1, 0.15) is 5.75 Å². The Morgan fingerprint density at radius 3 is 2.88 bits per heavy atom. The average Bonchev–Trinajstić information content (AvgIpc) is 2.92. The molecule has 0 aliphatic carbocycles. The Morgan fingerprint density at radius 1 is 1.42 bits per heavy atom. The lowest BCUT2D eigenvalue weighted by Gasteiger charge is -2.27. The molecule has 0 N–H and O–H groups in total. The lowest BCUT2D eigenvalue weighted by Crippen LogP contribution is -2.35. The lowest BCUT2D eigenvalue weighted by molar-refractivity contribution is -0.123. The molecule has 2 fully saturated rings. The molecular formula is C16H19N3O3S2. The molecule has 128 valence electrons. The number of benzene rings is 1. The first kappa shape index (κ1) is 17.3. The molecule has 1 aromatic carbocycles. The zero-order chi connectivity index (χ0) is 16.9. The first-order valence-electron chi connectivity index (χ1n) is 7.68. The molecule has 1 aromatic rings. The molecule has 0 radical (unpaired) electrons. The second-order valence-corrected chi connectivity index (χ2v) is 7.07. The minimum absolute atomic E-state index is 0.0803. The van der Waals surface area contributed by atoms with Gasteiger partial charge in [0.15, 0.2) is 4.32 Å². The van der Waals surface area contributed by atoms with E-state index in [1.165, 1.54) is 16.8 Å². The van der Waals surface area contributed by atoms with Gasteiger partial charge >= 0.3 is 0 Å². The third-order valence-electron chi connectivity index (χ3n) is 3.85. The van der Waals surface area contributed by atoms with Crippen LogP contribution in [-0.4, -0.2) is 65.5 Å². The number of methoxy groups -OCH3 is 1. The molecule has 2 aliphatic rings. The van der Waals surface area contributed by atoms with Crippen molar-refractivity contribution in [3.05, 3.63) is 29.3 Å². The van der Waals surface area contributed by atoms with Crippen molar-refractivity contribution in [3.8, 4) is 5.75 Å². The van der Waals surface area contributed by atoms with Gasteiger partial charge in [-0.05, 0) is 23.8 Å². The molecule has 2 heterocycles. The minimum atomic E-state index is -0.0803. The van der Waals surface area contributed by atoms with Gasteiger partial charge in [0.05, 0.1) is 32.3 Å². The van der Waals surface area contributed by atoms with E-state index < -0.39 is 0 Å². The average molecular weight is 365 g/mol. The Labute approximate surface area is 150 Å². The van der Waals surface area contributed by atoms with Gasteiger partial charge in [-0.2, -0.15) is 10.1 Å². The van der Waals surface area contributed by atoms with E-state index in [0.717, 1.165) is 49.7 Å². The van der Waals surface area contributed by atoms with Crippen molar-refractivity contribution < 1.29 is 14.3 Å². The summed E-state index contributed by atoms with van der Waals surface area (Å²) in [5.74, 6) is 1.13. The van der Waals surface area contributed by atoms with Gasteiger partial charge in [0.25, 0.3) is 5.91 Å². The van der Waals surface area contributed by atoms with Crippen LogP contribution >= 0.6 is 24.0 Å². The molecule has 24 heavy (non-hydrogen) atoms. The third-order valence-corrected chi connectivity index (χ3v) is 5.19. The first-order valence-corrected chi connectivity index (χ1v) is 9.07. The Hall–Kier alpha value is -1.48. The van der Waals surface area contributed by atoms with Gasteiger partial charge in [-0.15, -0.1) is 0 Å². The minimum Gasteiger partial charge on any atom is -0.496 e. The van der Waals surface area contributed by atoms with Crippen LogP contribution in [0.1, 0.15) is 11.1 Å². The fraction of sp³-hybridized carbons (Fsp3) is 0.438. The molecule has 0 unspecified atom stereocenters. The van der Waals surface area contributed by atoms with Gasteiger partial charge in [-0.3, -0.25) is 9.69 Å². The smallest absolute Gasteiger partial charge is 0.259 e. The summed E-state index contributed by atoms with van der Waals surface area (Å²) in [6, 6.07) is 5.88. The molecule has 0 bridgehead atoms. The highest BCUT2D eigenvalue weighted by Crippen LogP contribution is 2.23. The molecular weight excluding hydrogens is 346 g/mol. The number of rotatable bonds is 5. The van der Waals surface area contributed by atoms with Crippen molar-refractivity contribution in [2.45, 2.75) is 6.54 Å². The molecule has 2 aliphatic heterocycles. The molecule has 0 aromatic heterocycles. The molecule has 8 heteroatoms. The van der Waals surface area contributed by atoms with Crippen LogP contribution < -0.4 is 4.74 Å². The second kappa shape index (κ2) is 8.06. The monoisotopic (exact) mass is 365 g/mol. The number of thiocarbonyl (C=S) groups is 1. The van der Waals surface area contributed by atoms with Crippen molar-refractivity contribution >= 4 is 40.4 Å². The van der Waals surface area contributed by atoms with Crippen LogP contribution in [0.15, 0.2) is 23.3 Å². The fourth-order valence-electron chi connectivity index (χ4n) is 2.59. The van der Waals surface area contributed by atoms with Crippen molar-refractivity contribution in [1.29, 1.82) is 0 Å². The Kier molecular flexibility index (Phi) is 5.83. The molecule has 6 nitrogen and oxygen atoms in total. The van der Waals surface area contributed by atoms with Gasteiger partial charge in [-0.1, -0.05) is 24.0 Å². The number of hydrazone groups is 1. The highest BCUT2D eigenvalue weighted by atomic mass is 32.2. The van der Waals surface area contributed by atoms with Gasteiger partial charge < -0.3 is 9.47 Å². The van der Waals surface area contributed by atoms with Crippen LogP contribution in [0.4, 0.5) is 0 Å². The lowest BCUT2D eigenvalue weighted by atomic mass is 10.1. The predicted octanol–water partition coefficient (Wildman–Crippen LogP) is 1.72. The maximum atomic E-state index is 11.7. The number of nitrogens with zero attached hydrogens (tertiary/aromatic N) is 3. The maximum Gasteiger partial charge on any atom is 0.259 e. The summed E-state index contributed by atoms with van der Waals surface area (Å²) in [6.07, 6.45) is 1.67. The highest BCUT2D eigenvalue weighted by Gasteiger charge is 2.26. The van der Waals surface area contributed by atoms with Crippen LogP contribution in [-0.2, 0) is 16.1 Å². The summed E-state index contributed by atoms with van der Waals surface area (Å²) in [6.45, 7) is 4.14. The molecule has 0 saturated carbocycles. The number of hydrogen-bond donors (Lipinski definition) is 0. The Balaban J connectivity index is 1.75. The summed E-state index contributed by atoms with van der Waals surface area (Å²) in [7, 11) is 1.67. The second-order valence-electron chi connectivity index (χ2n) is 5.46. The zero-order valence-corrected chi connectivity index (χ0v) is 15.1. The van der Waals surface area contributed by atoms with E-state index >= 15 is 0 Å². The number of ether oxygens (including phenoxy) is 2. The molecule has 0 atom stereocenters. The Bertz CT molecular complexity index is 644. The number of thioether (sulfide) groups is 1. The highest BCUT2D eigenvalue weighted by molar-refractivity contribution is 8.23. The number of amides is 1. The quantitative estimate of drug-likeness (QED) is 0.585. The maximum absolute atomic E-state index is 11.7. The van der Waals surface area contributed by atoms with Crippen LogP contribution in [0.25, 0.3) is 0 Å². The first-order chi connectivity index (χ1) is 11.7. The SMILES string of the molecule is COc1ccc(C=NN2C(=O)CSC2=S)cc1CN1CCOCC1. The largest absolute Gasteiger partial charge is 0.496 e. The van der Waals surface area contributed by atoms with Gasteiger partial charge in [0, 0.05) is 25.2 Å². The number of carbonyl (C=O) groups is 1. The molecule has 3 rings (SSSR count). The topological polar surface area (TPSA) is 54.4 Å². The van der Waals surface area contributed by atoms with E-state index in [1.54, 1.807) is 13.3 Å². The molecule has 1 amide bonds. The number of morpholine rings is 1. The number of carbonyl (C=O) groups excluding carboxylic acids is 1. The van der Waals surface area contributed by atoms with Crippen LogP contribution in [0.2, 0.25) is 0 Å². The van der Waals surface area contributed by atoms with E-state index in [1.807, 2.05) is 18.2 Å². The van der Waals surface area contributed by atoms with Crippen molar-refractivity contribution in [2.24, 2.45) is 5.10 Å². The van der Waals surface area contributed by atoms with E-state index in [2.05, 4.69) is 10.0 Å². The van der Waals surface area contributed by atoms with Crippen LogP contribution in [0, 0.1) is 0 Å². The van der Waals surface area contributed by atoms with Crippen LogP contribution in [0.3, 0.4) is 0 Å². The van der Waals surface area contributed by atoms with Crippen molar-refractivity contribution in [3.63, 3.8) is 0 Å². The van der Waals surface area contributed by atoms with E-state index in [0.29, 0.717) is 10.1 Å². The fourth-order valence-corrected chi connectivity index (χ4v) is 3.55. The third kappa shape index (κ3) is 4.13. The van der Waals surface area contributed by atoms with Gasteiger partial charge in [-0.25, -0.2) is 0 Å². The summed E-state index contributed by atoms with van der Waals surface area (Å²) in [5.41, 5.74) is 2.00. The normalized spacial score (nSPS) is 19.5. The van der Waals surface area contributed by atoms with Gasteiger partial charge in [0.2, 0.25) is 0 Å². The summed E-state index contributed by atoms with van der Waals surface area (Å²) < 4.78 is 11.3. The van der Waals surface area contributed by atoms with Crippen molar-refractivity contribution in [2.75, 3.05) is 39.2 Å². The van der Waals surface area contributed by atoms with E-state index in [4.69, 9.17) is 21.7 Å². The summed E-state index contributed by atoms with van der Waals surface area (Å²) in [5, 5.41) is 5.50. The Morgan fingerprint density at radius 2 is 2.21 bits per heavy atom. The summed E-state index contributed by atoms with van der Waals surface area (Å²) >= 11 is 6.46. The van der Waals surface area contributed by atoms with E-state index in [-0.39, 0.29) is 5.91 Å². The molecule has 0 spiro atoms. The summed E-state index contributed by atoms with van der Waals surface area (Å²) in [4.78, 5) is 14.0. The van der Waals surface area contributed by atoms with Crippen LogP contribution in [0.5, 0.6) is 5.75 Å². The standard InChI is InChI=1S/C16H19N3O3S2/c1-21-14-3-2-12(9-17-19-15(20)11-24-16(19)23)8-13(14)10-18-4-6-22-7-5-18/h2-3,8-9H,4-7,10-11H2,1H3. The zero-order valence-electron chi connectivity index (χ0n) is 13.4.